The third-order valence-electron chi connectivity index (χ3n) is 3.51. The maximum atomic E-state index is 12.2. The molecule has 0 aliphatic carbocycles. The molecule has 0 unspecified atom stereocenters. The first-order valence-corrected chi connectivity index (χ1v) is 8.36. The zero-order chi connectivity index (χ0) is 16.1. The highest BCUT2D eigenvalue weighted by atomic mass is 35.5. The molecule has 0 spiro atoms. The van der Waals surface area contributed by atoms with Crippen molar-refractivity contribution in [3.63, 3.8) is 0 Å². The summed E-state index contributed by atoms with van der Waals surface area (Å²) in [6, 6.07) is 3.66. The van der Waals surface area contributed by atoms with Gasteiger partial charge in [-0.05, 0) is 38.0 Å². The second-order valence-electron chi connectivity index (χ2n) is 5.69. The molecule has 0 bridgehead atoms. The van der Waals surface area contributed by atoms with Crippen molar-refractivity contribution in [1.29, 1.82) is 0 Å². The first kappa shape index (κ1) is 17.4. The number of piperazine rings is 1. The molecular formula is C16H22Cl2N2O2. The summed E-state index contributed by atoms with van der Waals surface area (Å²) >= 11 is 12.5. The van der Waals surface area contributed by atoms with E-state index in [0.29, 0.717) is 28.6 Å². The summed E-state index contributed by atoms with van der Waals surface area (Å²) in [6.07, 6.45) is 1.11. The third-order valence-corrected chi connectivity index (χ3v) is 4.07. The SMILES string of the molecule is CC(C)Oc1c(Cl)cc(CCC(=O)N2CCNCC2)cc1Cl. The lowest BCUT2D eigenvalue weighted by atomic mass is 10.1. The van der Waals surface area contributed by atoms with Crippen LogP contribution in [-0.4, -0.2) is 43.1 Å². The van der Waals surface area contributed by atoms with E-state index < -0.39 is 0 Å². The van der Waals surface area contributed by atoms with Gasteiger partial charge in [0.05, 0.1) is 16.1 Å². The maximum Gasteiger partial charge on any atom is 0.222 e. The highest BCUT2D eigenvalue weighted by molar-refractivity contribution is 6.37. The van der Waals surface area contributed by atoms with Gasteiger partial charge in [-0.15, -0.1) is 0 Å². The van der Waals surface area contributed by atoms with Crippen LogP contribution < -0.4 is 10.1 Å². The van der Waals surface area contributed by atoms with E-state index in [0.717, 1.165) is 31.7 Å². The number of hydrogen-bond donors (Lipinski definition) is 1. The molecule has 0 aromatic heterocycles. The number of nitrogens with zero attached hydrogens (tertiary/aromatic N) is 1. The van der Waals surface area contributed by atoms with Crippen molar-refractivity contribution in [1.82, 2.24) is 10.2 Å². The van der Waals surface area contributed by atoms with Gasteiger partial charge in [0.25, 0.3) is 0 Å². The smallest absolute Gasteiger partial charge is 0.222 e. The summed E-state index contributed by atoms with van der Waals surface area (Å²) in [4.78, 5) is 14.1. The molecule has 1 aliphatic heterocycles. The Morgan fingerprint density at radius 3 is 2.41 bits per heavy atom. The van der Waals surface area contributed by atoms with E-state index in [-0.39, 0.29) is 12.0 Å². The summed E-state index contributed by atoms with van der Waals surface area (Å²) < 4.78 is 5.61. The molecule has 0 radical (unpaired) electrons. The Bertz CT molecular complexity index is 506. The van der Waals surface area contributed by atoms with Gasteiger partial charge in [0.2, 0.25) is 5.91 Å². The van der Waals surface area contributed by atoms with Gasteiger partial charge >= 0.3 is 0 Å². The molecule has 1 aromatic rings. The summed E-state index contributed by atoms with van der Waals surface area (Å²) in [5.74, 6) is 0.687. The number of carbonyl (C=O) groups is 1. The number of amides is 1. The molecule has 0 saturated carbocycles. The molecular weight excluding hydrogens is 323 g/mol. The van der Waals surface area contributed by atoms with Crippen LogP contribution in [0, 0.1) is 0 Å². The lowest BCUT2D eigenvalue weighted by Crippen LogP contribution is -2.46. The van der Waals surface area contributed by atoms with Crippen LogP contribution in [0.3, 0.4) is 0 Å². The van der Waals surface area contributed by atoms with Crippen molar-refractivity contribution in [3.8, 4) is 5.75 Å². The number of hydrogen-bond acceptors (Lipinski definition) is 3. The minimum Gasteiger partial charge on any atom is -0.488 e. The topological polar surface area (TPSA) is 41.6 Å². The molecule has 1 saturated heterocycles. The molecule has 1 aromatic carbocycles. The lowest BCUT2D eigenvalue weighted by Gasteiger charge is -2.27. The average Bonchev–Trinajstić information content (AvgIpc) is 2.49. The van der Waals surface area contributed by atoms with Gasteiger partial charge < -0.3 is 15.0 Å². The van der Waals surface area contributed by atoms with E-state index in [1.165, 1.54) is 0 Å². The zero-order valence-electron chi connectivity index (χ0n) is 13.0. The van der Waals surface area contributed by atoms with Crippen molar-refractivity contribution in [2.45, 2.75) is 32.8 Å². The maximum absolute atomic E-state index is 12.2. The minimum atomic E-state index is 0.00939. The summed E-state index contributed by atoms with van der Waals surface area (Å²) in [5.41, 5.74) is 0.953. The van der Waals surface area contributed by atoms with Crippen molar-refractivity contribution in [2.24, 2.45) is 0 Å². The Balaban J connectivity index is 1.96. The van der Waals surface area contributed by atoms with Gasteiger partial charge in [-0.1, -0.05) is 23.2 Å². The van der Waals surface area contributed by atoms with Crippen molar-refractivity contribution < 1.29 is 9.53 Å². The molecule has 1 heterocycles. The number of aryl methyl sites for hydroxylation is 1. The van der Waals surface area contributed by atoms with Gasteiger partial charge in [0, 0.05) is 32.6 Å². The zero-order valence-corrected chi connectivity index (χ0v) is 14.5. The van der Waals surface area contributed by atoms with Crippen molar-refractivity contribution in [3.05, 3.63) is 27.7 Å². The fourth-order valence-electron chi connectivity index (χ4n) is 2.43. The minimum absolute atomic E-state index is 0.00939. The first-order valence-electron chi connectivity index (χ1n) is 7.60. The monoisotopic (exact) mass is 344 g/mol. The number of benzene rings is 1. The van der Waals surface area contributed by atoms with Crippen LogP contribution in [0.4, 0.5) is 0 Å². The Labute approximate surface area is 141 Å². The highest BCUT2D eigenvalue weighted by Crippen LogP contribution is 2.35. The van der Waals surface area contributed by atoms with E-state index in [1.54, 1.807) is 0 Å². The molecule has 0 atom stereocenters. The van der Waals surface area contributed by atoms with Crippen LogP contribution >= 0.6 is 23.2 Å². The largest absolute Gasteiger partial charge is 0.488 e. The molecule has 22 heavy (non-hydrogen) atoms. The molecule has 1 N–H and O–H groups in total. The van der Waals surface area contributed by atoms with Crippen LogP contribution in [0.5, 0.6) is 5.75 Å². The van der Waals surface area contributed by atoms with Gasteiger partial charge in [-0.25, -0.2) is 0 Å². The van der Waals surface area contributed by atoms with E-state index in [2.05, 4.69) is 5.32 Å². The van der Waals surface area contributed by atoms with E-state index in [1.807, 2.05) is 30.9 Å². The second kappa shape index (κ2) is 8.04. The molecule has 1 amide bonds. The van der Waals surface area contributed by atoms with Crippen LogP contribution in [0.2, 0.25) is 10.0 Å². The van der Waals surface area contributed by atoms with E-state index in [9.17, 15) is 4.79 Å². The van der Waals surface area contributed by atoms with Crippen molar-refractivity contribution in [2.75, 3.05) is 26.2 Å². The normalized spacial score (nSPS) is 15.2. The number of nitrogens with one attached hydrogen (secondary N) is 1. The van der Waals surface area contributed by atoms with Gasteiger partial charge in [-0.3, -0.25) is 4.79 Å². The predicted octanol–water partition coefficient (Wildman–Crippen LogP) is 3.15. The lowest BCUT2D eigenvalue weighted by molar-refractivity contribution is -0.131. The second-order valence-corrected chi connectivity index (χ2v) is 6.50. The molecule has 2 rings (SSSR count). The molecule has 1 aliphatic rings. The van der Waals surface area contributed by atoms with Crippen LogP contribution in [0.1, 0.15) is 25.8 Å². The molecule has 122 valence electrons. The van der Waals surface area contributed by atoms with E-state index in [4.69, 9.17) is 27.9 Å². The standard InChI is InChI=1S/C16H22Cl2N2O2/c1-11(2)22-16-13(17)9-12(10-14(16)18)3-4-15(21)20-7-5-19-6-8-20/h9-11,19H,3-8H2,1-2H3. The van der Waals surface area contributed by atoms with Gasteiger partial charge in [0.1, 0.15) is 0 Å². The van der Waals surface area contributed by atoms with Crippen LogP contribution in [0.25, 0.3) is 0 Å². The Morgan fingerprint density at radius 1 is 1.27 bits per heavy atom. The molecule has 4 nitrogen and oxygen atoms in total. The van der Waals surface area contributed by atoms with Crippen LogP contribution in [-0.2, 0) is 11.2 Å². The van der Waals surface area contributed by atoms with E-state index >= 15 is 0 Å². The van der Waals surface area contributed by atoms with Gasteiger partial charge in [-0.2, -0.15) is 0 Å². The number of ether oxygens (including phenoxy) is 1. The number of rotatable bonds is 5. The molecule has 6 heteroatoms. The van der Waals surface area contributed by atoms with Crippen LogP contribution in [0.15, 0.2) is 12.1 Å². The quantitative estimate of drug-likeness (QED) is 0.891. The molecule has 1 fully saturated rings. The fraction of sp³-hybridized carbons (Fsp3) is 0.562. The van der Waals surface area contributed by atoms with Crippen molar-refractivity contribution >= 4 is 29.1 Å². The Hall–Kier alpha value is -0.970. The Morgan fingerprint density at radius 2 is 1.86 bits per heavy atom. The summed E-state index contributed by atoms with van der Waals surface area (Å²) in [7, 11) is 0. The fourth-order valence-corrected chi connectivity index (χ4v) is 3.05. The predicted molar refractivity (Wildman–Crippen MR) is 90.0 cm³/mol. The summed E-state index contributed by atoms with van der Waals surface area (Å²) in [5, 5.41) is 4.22. The summed E-state index contributed by atoms with van der Waals surface area (Å²) in [6.45, 7) is 7.14. The number of halogens is 2. The van der Waals surface area contributed by atoms with Gasteiger partial charge in [0.15, 0.2) is 5.75 Å². The first-order chi connectivity index (χ1) is 10.5. The average molecular weight is 345 g/mol. The highest BCUT2D eigenvalue weighted by Gasteiger charge is 2.17. The Kier molecular flexibility index (Phi) is 6.36. The number of carbonyl (C=O) groups excluding carboxylic acids is 1. The third kappa shape index (κ3) is 4.77.